The highest BCUT2D eigenvalue weighted by atomic mass is 79.9. The first kappa shape index (κ1) is 17.0. The number of phenols is 2. The lowest BCUT2D eigenvalue weighted by molar-refractivity contribution is 0.0952. The quantitative estimate of drug-likeness (QED) is 0.445. The Morgan fingerprint density at radius 3 is 2.36 bits per heavy atom. The number of carbonyl (C=O) groups is 1. The van der Waals surface area contributed by atoms with E-state index in [1.165, 1.54) is 18.3 Å². The second-order valence-electron chi connectivity index (χ2n) is 4.19. The summed E-state index contributed by atoms with van der Waals surface area (Å²) in [6.07, 6.45) is 1.42. The summed E-state index contributed by atoms with van der Waals surface area (Å²) in [5.74, 6) is -0.585. The smallest absolute Gasteiger partial charge is 0.275 e. The van der Waals surface area contributed by atoms with Crippen LogP contribution in [-0.2, 0) is 0 Å². The molecule has 0 heterocycles. The number of amides is 1. The number of aromatic hydroxyl groups is 2. The lowest BCUT2D eigenvalue weighted by atomic mass is 10.2. The SMILES string of the molecule is O=C(N/N=C\c1cc(Br)c(O)c(Br)c1)c1cc(Br)ccc1O. The van der Waals surface area contributed by atoms with Crippen LogP contribution in [0.2, 0.25) is 0 Å². The fourth-order valence-corrected chi connectivity index (χ4v) is 3.16. The van der Waals surface area contributed by atoms with Gasteiger partial charge in [-0.15, -0.1) is 0 Å². The number of rotatable bonds is 3. The molecule has 0 unspecified atom stereocenters. The molecule has 114 valence electrons. The predicted molar refractivity (Wildman–Crippen MR) is 94.4 cm³/mol. The van der Waals surface area contributed by atoms with Gasteiger partial charge in [0.1, 0.15) is 11.5 Å². The normalized spacial score (nSPS) is 10.9. The summed E-state index contributed by atoms with van der Waals surface area (Å²) in [7, 11) is 0. The summed E-state index contributed by atoms with van der Waals surface area (Å²) in [5, 5.41) is 23.1. The Hall–Kier alpha value is -1.38. The number of benzene rings is 2. The van der Waals surface area contributed by atoms with Crippen LogP contribution in [0.1, 0.15) is 15.9 Å². The summed E-state index contributed by atoms with van der Waals surface area (Å²) < 4.78 is 1.67. The highest BCUT2D eigenvalue weighted by Crippen LogP contribution is 2.32. The highest BCUT2D eigenvalue weighted by molar-refractivity contribution is 9.11. The van der Waals surface area contributed by atoms with Gasteiger partial charge in [-0.25, -0.2) is 5.43 Å². The van der Waals surface area contributed by atoms with Crippen molar-refractivity contribution in [1.29, 1.82) is 0 Å². The average molecular weight is 493 g/mol. The van der Waals surface area contributed by atoms with Crippen molar-refractivity contribution in [2.75, 3.05) is 0 Å². The van der Waals surface area contributed by atoms with Crippen molar-refractivity contribution in [3.63, 3.8) is 0 Å². The maximum absolute atomic E-state index is 11.9. The van der Waals surface area contributed by atoms with Crippen LogP contribution >= 0.6 is 47.8 Å². The van der Waals surface area contributed by atoms with Gasteiger partial charge in [-0.1, -0.05) is 15.9 Å². The van der Waals surface area contributed by atoms with E-state index in [2.05, 4.69) is 58.3 Å². The van der Waals surface area contributed by atoms with Crippen LogP contribution in [0.4, 0.5) is 0 Å². The van der Waals surface area contributed by atoms with E-state index in [9.17, 15) is 15.0 Å². The van der Waals surface area contributed by atoms with Crippen molar-refractivity contribution in [3.8, 4) is 11.5 Å². The third-order valence-electron chi connectivity index (χ3n) is 2.62. The van der Waals surface area contributed by atoms with E-state index in [1.54, 1.807) is 18.2 Å². The number of carbonyl (C=O) groups excluding carboxylic acids is 1. The van der Waals surface area contributed by atoms with Gasteiger partial charge in [0.15, 0.2) is 0 Å². The van der Waals surface area contributed by atoms with Gasteiger partial charge < -0.3 is 10.2 Å². The first-order valence-corrected chi connectivity index (χ1v) is 8.26. The highest BCUT2D eigenvalue weighted by Gasteiger charge is 2.10. The zero-order valence-corrected chi connectivity index (χ0v) is 15.6. The number of hydrazone groups is 1. The van der Waals surface area contributed by atoms with E-state index in [4.69, 9.17) is 0 Å². The largest absolute Gasteiger partial charge is 0.507 e. The number of phenolic OH excluding ortho intramolecular Hbond substituents is 2. The van der Waals surface area contributed by atoms with Gasteiger partial charge in [-0.3, -0.25) is 4.79 Å². The fraction of sp³-hybridized carbons (Fsp3) is 0. The Bertz CT molecular complexity index is 740. The van der Waals surface area contributed by atoms with Gasteiger partial charge in [0.25, 0.3) is 5.91 Å². The summed E-state index contributed by atoms with van der Waals surface area (Å²) >= 11 is 9.64. The van der Waals surface area contributed by atoms with E-state index < -0.39 is 5.91 Å². The molecule has 3 N–H and O–H groups in total. The lowest BCUT2D eigenvalue weighted by Gasteiger charge is -2.04. The third kappa shape index (κ3) is 4.08. The number of halogens is 3. The molecule has 0 spiro atoms. The number of nitrogens with one attached hydrogen (secondary N) is 1. The topological polar surface area (TPSA) is 81.9 Å². The zero-order chi connectivity index (χ0) is 16.3. The lowest BCUT2D eigenvalue weighted by Crippen LogP contribution is -2.17. The van der Waals surface area contributed by atoms with Gasteiger partial charge in [-0.05, 0) is 67.8 Å². The van der Waals surface area contributed by atoms with Crippen molar-refractivity contribution in [2.45, 2.75) is 0 Å². The molecule has 0 saturated heterocycles. The Balaban J connectivity index is 2.12. The van der Waals surface area contributed by atoms with Crippen molar-refractivity contribution in [1.82, 2.24) is 5.43 Å². The van der Waals surface area contributed by atoms with Crippen LogP contribution in [0.15, 0.2) is 48.9 Å². The molecule has 2 rings (SSSR count). The van der Waals surface area contributed by atoms with E-state index in [0.29, 0.717) is 19.0 Å². The molecule has 0 radical (unpaired) electrons. The Morgan fingerprint density at radius 2 is 1.73 bits per heavy atom. The maximum atomic E-state index is 11.9. The van der Waals surface area contributed by atoms with Crippen LogP contribution in [-0.4, -0.2) is 22.3 Å². The average Bonchev–Trinajstić information content (AvgIpc) is 2.47. The minimum absolute atomic E-state index is 0.0836. The van der Waals surface area contributed by atoms with Gasteiger partial charge in [-0.2, -0.15) is 5.10 Å². The third-order valence-corrected chi connectivity index (χ3v) is 4.32. The van der Waals surface area contributed by atoms with Crippen molar-refractivity contribution < 1.29 is 15.0 Å². The van der Waals surface area contributed by atoms with Gasteiger partial charge >= 0.3 is 0 Å². The van der Waals surface area contributed by atoms with E-state index >= 15 is 0 Å². The van der Waals surface area contributed by atoms with Gasteiger partial charge in [0.2, 0.25) is 0 Å². The number of hydrogen-bond donors (Lipinski definition) is 3. The molecule has 0 bridgehead atoms. The first-order chi connectivity index (χ1) is 10.4. The van der Waals surface area contributed by atoms with Crippen LogP contribution in [0.5, 0.6) is 11.5 Å². The van der Waals surface area contributed by atoms with Crippen molar-refractivity contribution in [2.24, 2.45) is 5.10 Å². The molecule has 0 aliphatic carbocycles. The molecule has 0 aliphatic rings. The second-order valence-corrected chi connectivity index (χ2v) is 6.82. The van der Waals surface area contributed by atoms with Crippen LogP contribution < -0.4 is 5.43 Å². The molecule has 22 heavy (non-hydrogen) atoms. The summed E-state index contributed by atoms with van der Waals surface area (Å²) in [5.41, 5.74) is 3.10. The number of hydrogen-bond acceptors (Lipinski definition) is 4. The Labute approximate surface area is 151 Å². The van der Waals surface area contributed by atoms with Gasteiger partial charge in [0, 0.05) is 4.47 Å². The Morgan fingerprint density at radius 1 is 1.09 bits per heavy atom. The molecule has 5 nitrogen and oxygen atoms in total. The molecule has 2 aromatic rings. The van der Waals surface area contributed by atoms with Crippen molar-refractivity contribution in [3.05, 3.63) is 54.9 Å². The number of nitrogens with zero attached hydrogens (tertiary/aromatic N) is 1. The molecular weight excluding hydrogens is 484 g/mol. The molecule has 0 fully saturated rings. The predicted octanol–water partition coefficient (Wildman–Crippen LogP) is 4.15. The second kappa shape index (κ2) is 7.26. The fourth-order valence-electron chi connectivity index (χ4n) is 1.58. The molecule has 0 aliphatic heterocycles. The summed E-state index contributed by atoms with van der Waals surface area (Å²) in [6.45, 7) is 0. The molecule has 0 saturated carbocycles. The Kier molecular flexibility index (Phi) is 5.60. The van der Waals surface area contributed by atoms with E-state index in [0.717, 1.165) is 0 Å². The molecule has 0 aromatic heterocycles. The summed E-state index contributed by atoms with van der Waals surface area (Å²) in [4.78, 5) is 11.9. The molecular formula is C14H9Br3N2O3. The van der Waals surface area contributed by atoms with Crippen molar-refractivity contribution >= 4 is 59.9 Å². The molecule has 0 atom stereocenters. The minimum Gasteiger partial charge on any atom is -0.507 e. The van der Waals surface area contributed by atoms with Gasteiger partial charge in [0.05, 0.1) is 20.7 Å². The monoisotopic (exact) mass is 490 g/mol. The van der Waals surface area contributed by atoms with Crippen LogP contribution in [0.3, 0.4) is 0 Å². The molecule has 8 heteroatoms. The van der Waals surface area contributed by atoms with E-state index in [-0.39, 0.29) is 17.1 Å². The standard InChI is InChI=1S/C14H9Br3N2O3/c15-8-1-2-12(20)9(5-8)14(22)19-18-6-7-3-10(16)13(21)11(17)4-7/h1-6,20-21H,(H,19,22)/b18-6-. The zero-order valence-electron chi connectivity index (χ0n) is 10.8. The summed E-state index contributed by atoms with van der Waals surface area (Å²) in [6, 6.07) is 7.82. The minimum atomic E-state index is -0.535. The van der Waals surface area contributed by atoms with Crippen LogP contribution in [0.25, 0.3) is 0 Å². The first-order valence-electron chi connectivity index (χ1n) is 5.88. The molecule has 1 amide bonds. The van der Waals surface area contributed by atoms with E-state index in [1.807, 2.05) is 0 Å². The molecule has 2 aromatic carbocycles. The van der Waals surface area contributed by atoms with Crippen LogP contribution in [0, 0.1) is 0 Å². The maximum Gasteiger partial charge on any atom is 0.275 e.